The predicted molar refractivity (Wildman–Crippen MR) is 63.6 cm³/mol. The van der Waals surface area contributed by atoms with Gasteiger partial charge in [0, 0.05) is 23.9 Å². The van der Waals surface area contributed by atoms with Crippen molar-refractivity contribution in [3.63, 3.8) is 0 Å². The number of rotatable bonds is 3. The van der Waals surface area contributed by atoms with Crippen molar-refractivity contribution < 1.29 is 4.79 Å². The largest absolute Gasteiger partial charge is 0.298 e. The summed E-state index contributed by atoms with van der Waals surface area (Å²) >= 11 is 0. The Morgan fingerprint density at radius 3 is 2.75 bits per heavy atom. The van der Waals surface area contributed by atoms with Crippen molar-refractivity contribution >= 4 is 6.29 Å². The van der Waals surface area contributed by atoms with E-state index in [4.69, 9.17) is 0 Å². The minimum Gasteiger partial charge on any atom is -0.298 e. The molecule has 2 nitrogen and oxygen atoms in total. The number of carbonyl (C=O) groups excluding carboxylic acids is 1. The van der Waals surface area contributed by atoms with Gasteiger partial charge in [-0.2, -0.15) is 0 Å². The van der Waals surface area contributed by atoms with Crippen LogP contribution in [0.2, 0.25) is 0 Å². The molecule has 0 aliphatic heterocycles. The third kappa shape index (κ3) is 2.34. The molecule has 0 aliphatic carbocycles. The Kier molecular flexibility index (Phi) is 3.10. The fourth-order valence-corrected chi connectivity index (χ4v) is 1.69. The Morgan fingerprint density at radius 2 is 2.12 bits per heavy atom. The zero-order chi connectivity index (χ0) is 11.4. The summed E-state index contributed by atoms with van der Waals surface area (Å²) < 4.78 is 0. The van der Waals surface area contributed by atoms with E-state index in [-0.39, 0.29) is 0 Å². The van der Waals surface area contributed by atoms with Crippen molar-refractivity contribution in [2.75, 3.05) is 0 Å². The molecule has 1 aromatic carbocycles. The van der Waals surface area contributed by atoms with Crippen LogP contribution in [0.5, 0.6) is 0 Å². The first-order valence-corrected chi connectivity index (χ1v) is 5.24. The van der Waals surface area contributed by atoms with Gasteiger partial charge in [0.25, 0.3) is 0 Å². The van der Waals surface area contributed by atoms with Crippen LogP contribution in [0.3, 0.4) is 0 Å². The van der Waals surface area contributed by atoms with E-state index >= 15 is 0 Å². The van der Waals surface area contributed by atoms with Gasteiger partial charge in [0.2, 0.25) is 0 Å². The minimum absolute atomic E-state index is 0.724. The number of nitrogens with zero attached hydrogens (tertiary/aromatic N) is 1. The highest BCUT2D eigenvalue weighted by Crippen LogP contribution is 2.13. The molecule has 0 saturated heterocycles. The van der Waals surface area contributed by atoms with Gasteiger partial charge in [-0.3, -0.25) is 9.78 Å². The molecule has 2 rings (SSSR count). The molecule has 0 atom stereocenters. The zero-order valence-electron chi connectivity index (χ0n) is 9.18. The molecule has 0 spiro atoms. The lowest BCUT2D eigenvalue weighted by Gasteiger charge is -2.05. The van der Waals surface area contributed by atoms with Crippen LogP contribution in [0.1, 0.15) is 27.2 Å². The molecule has 2 heteroatoms. The van der Waals surface area contributed by atoms with E-state index in [0.717, 1.165) is 29.5 Å². The van der Waals surface area contributed by atoms with E-state index in [2.05, 4.69) is 4.98 Å². The number of pyridine rings is 1. The predicted octanol–water partition coefficient (Wildman–Crippen LogP) is 2.79. The van der Waals surface area contributed by atoms with Gasteiger partial charge in [0.05, 0.1) is 0 Å². The molecule has 16 heavy (non-hydrogen) atoms. The number of aldehydes is 1. The second-order valence-electron chi connectivity index (χ2n) is 3.80. The van der Waals surface area contributed by atoms with E-state index in [0.29, 0.717) is 0 Å². The zero-order valence-corrected chi connectivity index (χ0v) is 9.18. The molecule has 80 valence electrons. The average Bonchev–Trinajstić information content (AvgIpc) is 2.33. The Labute approximate surface area is 95.0 Å². The van der Waals surface area contributed by atoms with Gasteiger partial charge in [-0.05, 0) is 36.2 Å². The number of aromatic nitrogens is 1. The van der Waals surface area contributed by atoms with Crippen molar-refractivity contribution in [2.45, 2.75) is 13.3 Å². The van der Waals surface area contributed by atoms with E-state index < -0.39 is 0 Å². The van der Waals surface area contributed by atoms with Gasteiger partial charge in [-0.1, -0.05) is 18.2 Å². The quantitative estimate of drug-likeness (QED) is 0.731. The van der Waals surface area contributed by atoms with Crippen LogP contribution in [0.4, 0.5) is 0 Å². The number of carbonyl (C=O) groups is 1. The van der Waals surface area contributed by atoms with E-state index in [9.17, 15) is 4.79 Å². The van der Waals surface area contributed by atoms with Crippen LogP contribution >= 0.6 is 0 Å². The van der Waals surface area contributed by atoms with Gasteiger partial charge in [0.15, 0.2) is 0 Å². The summed E-state index contributed by atoms with van der Waals surface area (Å²) in [6, 6.07) is 11.6. The Balaban J connectivity index is 2.25. The first-order valence-electron chi connectivity index (χ1n) is 5.24. The van der Waals surface area contributed by atoms with Crippen LogP contribution < -0.4 is 0 Å². The van der Waals surface area contributed by atoms with Crippen molar-refractivity contribution in [1.29, 1.82) is 0 Å². The summed E-state index contributed by atoms with van der Waals surface area (Å²) in [5.74, 6) is 0. The molecule has 0 amide bonds. The first-order chi connectivity index (χ1) is 7.79. The van der Waals surface area contributed by atoms with Gasteiger partial charge in [-0.15, -0.1) is 0 Å². The number of hydrogen-bond donors (Lipinski definition) is 0. The van der Waals surface area contributed by atoms with Crippen molar-refractivity contribution in [2.24, 2.45) is 0 Å². The van der Waals surface area contributed by atoms with Crippen molar-refractivity contribution in [3.8, 4) is 0 Å². The molecule has 0 fully saturated rings. The molecule has 0 N–H and O–H groups in total. The van der Waals surface area contributed by atoms with E-state index in [1.807, 2.05) is 43.3 Å². The third-order valence-electron chi connectivity index (χ3n) is 2.60. The van der Waals surface area contributed by atoms with Crippen LogP contribution in [-0.4, -0.2) is 11.3 Å². The fraction of sp³-hybridized carbons (Fsp3) is 0.143. The Bertz CT molecular complexity index is 491. The maximum atomic E-state index is 10.6. The lowest BCUT2D eigenvalue weighted by Crippen LogP contribution is -1.95. The maximum Gasteiger partial charge on any atom is 0.150 e. The van der Waals surface area contributed by atoms with Crippen LogP contribution in [-0.2, 0) is 6.42 Å². The lowest BCUT2D eigenvalue weighted by atomic mass is 10.0. The van der Waals surface area contributed by atoms with Crippen molar-refractivity contribution in [1.82, 2.24) is 4.98 Å². The van der Waals surface area contributed by atoms with Gasteiger partial charge in [0.1, 0.15) is 6.29 Å². The summed E-state index contributed by atoms with van der Waals surface area (Å²) in [6.07, 6.45) is 3.48. The van der Waals surface area contributed by atoms with Crippen molar-refractivity contribution in [3.05, 3.63) is 65.0 Å². The maximum absolute atomic E-state index is 10.6. The Morgan fingerprint density at radius 1 is 1.25 bits per heavy atom. The van der Waals surface area contributed by atoms with Crippen LogP contribution in [0, 0.1) is 6.92 Å². The van der Waals surface area contributed by atoms with Crippen LogP contribution in [0.15, 0.2) is 42.6 Å². The third-order valence-corrected chi connectivity index (χ3v) is 2.60. The van der Waals surface area contributed by atoms with Crippen LogP contribution in [0.25, 0.3) is 0 Å². The number of benzene rings is 1. The smallest absolute Gasteiger partial charge is 0.150 e. The molecule has 2 aromatic rings. The number of hydrogen-bond acceptors (Lipinski definition) is 2. The number of aryl methyl sites for hydroxylation is 1. The standard InChI is InChI=1S/C14H13NO/c1-11-8-12(10-16)5-6-13(11)9-14-4-2-3-7-15-14/h2-8,10H,9H2,1H3. The second-order valence-corrected chi connectivity index (χ2v) is 3.80. The molecule has 0 saturated carbocycles. The summed E-state index contributed by atoms with van der Waals surface area (Å²) in [4.78, 5) is 14.9. The van der Waals surface area contributed by atoms with E-state index in [1.54, 1.807) is 6.20 Å². The highest BCUT2D eigenvalue weighted by Gasteiger charge is 2.01. The molecular formula is C14H13NO. The molecule has 0 radical (unpaired) electrons. The topological polar surface area (TPSA) is 30.0 Å². The average molecular weight is 211 g/mol. The highest BCUT2D eigenvalue weighted by molar-refractivity contribution is 5.75. The molecule has 1 aromatic heterocycles. The van der Waals surface area contributed by atoms with E-state index in [1.165, 1.54) is 5.56 Å². The molecule has 0 unspecified atom stereocenters. The lowest BCUT2D eigenvalue weighted by molar-refractivity contribution is 0.112. The SMILES string of the molecule is Cc1cc(C=O)ccc1Cc1ccccn1. The summed E-state index contributed by atoms with van der Waals surface area (Å²) in [5.41, 5.74) is 4.12. The summed E-state index contributed by atoms with van der Waals surface area (Å²) in [7, 11) is 0. The molecule has 1 heterocycles. The highest BCUT2D eigenvalue weighted by atomic mass is 16.1. The molecule has 0 aliphatic rings. The first kappa shape index (κ1) is 10.6. The Hall–Kier alpha value is -1.96. The van der Waals surface area contributed by atoms with Gasteiger partial charge < -0.3 is 0 Å². The monoisotopic (exact) mass is 211 g/mol. The normalized spacial score (nSPS) is 10.1. The van der Waals surface area contributed by atoms with Gasteiger partial charge >= 0.3 is 0 Å². The fourth-order valence-electron chi connectivity index (χ4n) is 1.69. The second kappa shape index (κ2) is 4.71. The molecule has 0 bridgehead atoms. The molecular weight excluding hydrogens is 198 g/mol. The summed E-state index contributed by atoms with van der Waals surface area (Å²) in [5, 5.41) is 0. The summed E-state index contributed by atoms with van der Waals surface area (Å²) in [6.45, 7) is 2.02. The minimum atomic E-state index is 0.724. The van der Waals surface area contributed by atoms with Gasteiger partial charge in [-0.25, -0.2) is 0 Å².